The standard InChI is InChI=1S/C19H25BFN3O2/c1-13(2)14-8-7-9-16(10-14)24-12-15(22-23-24)11-17(21)20-25-18(3,4)19(5,6)26-20/h7-13H,1-6H3. The second kappa shape index (κ2) is 6.63. The molecule has 1 saturated heterocycles. The molecule has 1 aliphatic heterocycles. The van der Waals surface area contributed by atoms with Crippen molar-refractivity contribution in [2.45, 2.75) is 58.7 Å². The van der Waals surface area contributed by atoms with Crippen LogP contribution in [0.4, 0.5) is 4.39 Å². The molecule has 0 spiro atoms. The van der Waals surface area contributed by atoms with Crippen LogP contribution in [0.5, 0.6) is 0 Å². The number of aromatic nitrogens is 3. The summed E-state index contributed by atoms with van der Waals surface area (Å²) in [5.74, 6) is 0.415. The molecule has 1 aromatic heterocycles. The topological polar surface area (TPSA) is 49.2 Å². The zero-order valence-electron chi connectivity index (χ0n) is 16.2. The van der Waals surface area contributed by atoms with Crippen LogP contribution < -0.4 is 0 Å². The predicted octanol–water partition coefficient (Wildman–Crippen LogP) is 4.33. The molecule has 0 amide bonds. The van der Waals surface area contributed by atoms with Gasteiger partial charge in [0.25, 0.3) is 0 Å². The van der Waals surface area contributed by atoms with Gasteiger partial charge < -0.3 is 9.31 Å². The van der Waals surface area contributed by atoms with Crippen LogP contribution in [0.25, 0.3) is 11.8 Å². The van der Waals surface area contributed by atoms with E-state index in [1.54, 1.807) is 10.9 Å². The second-order valence-electron chi connectivity index (χ2n) is 7.96. The summed E-state index contributed by atoms with van der Waals surface area (Å²) in [6, 6.07) is 8.05. The van der Waals surface area contributed by atoms with E-state index >= 15 is 0 Å². The van der Waals surface area contributed by atoms with E-state index in [4.69, 9.17) is 9.31 Å². The van der Waals surface area contributed by atoms with Crippen molar-refractivity contribution in [3.63, 3.8) is 0 Å². The number of benzene rings is 1. The molecule has 26 heavy (non-hydrogen) atoms. The van der Waals surface area contributed by atoms with Crippen molar-refractivity contribution in [1.29, 1.82) is 0 Å². The van der Waals surface area contributed by atoms with Gasteiger partial charge in [-0.3, -0.25) is 0 Å². The average molecular weight is 357 g/mol. The third-order valence-corrected chi connectivity index (χ3v) is 5.08. The van der Waals surface area contributed by atoms with E-state index in [0.29, 0.717) is 11.6 Å². The molecule has 0 N–H and O–H groups in total. The molecule has 138 valence electrons. The minimum Gasteiger partial charge on any atom is -0.398 e. The normalized spacial score (nSPS) is 19.4. The highest BCUT2D eigenvalue weighted by molar-refractivity contribution is 6.54. The lowest BCUT2D eigenvalue weighted by Crippen LogP contribution is -2.41. The molecule has 0 bridgehead atoms. The van der Waals surface area contributed by atoms with Crippen molar-refractivity contribution in [1.82, 2.24) is 15.0 Å². The number of hydrogen-bond acceptors (Lipinski definition) is 4. The largest absolute Gasteiger partial charge is 0.525 e. The van der Waals surface area contributed by atoms with Gasteiger partial charge in [-0.25, -0.2) is 9.07 Å². The van der Waals surface area contributed by atoms with Gasteiger partial charge in [0.15, 0.2) is 0 Å². The summed E-state index contributed by atoms with van der Waals surface area (Å²) in [6.45, 7) is 11.8. The summed E-state index contributed by atoms with van der Waals surface area (Å²) < 4.78 is 27.7. The molecular weight excluding hydrogens is 332 g/mol. The van der Waals surface area contributed by atoms with Gasteiger partial charge in [-0.1, -0.05) is 31.2 Å². The van der Waals surface area contributed by atoms with E-state index in [-0.39, 0.29) is 0 Å². The molecule has 0 saturated carbocycles. The van der Waals surface area contributed by atoms with Crippen LogP contribution >= 0.6 is 0 Å². The molecule has 0 radical (unpaired) electrons. The SMILES string of the molecule is CC(C)c1cccc(-n2cc(C=C(F)B3OC(C)(C)C(C)(C)O3)nn2)c1. The number of halogens is 1. The van der Waals surface area contributed by atoms with Gasteiger partial charge in [0, 0.05) is 0 Å². The van der Waals surface area contributed by atoms with Crippen molar-refractivity contribution < 1.29 is 13.7 Å². The van der Waals surface area contributed by atoms with Crippen molar-refractivity contribution >= 4 is 13.2 Å². The van der Waals surface area contributed by atoms with Gasteiger partial charge in [0.2, 0.25) is 0 Å². The summed E-state index contributed by atoms with van der Waals surface area (Å²) >= 11 is 0. The van der Waals surface area contributed by atoms with Gasteiger partial charge >= 0.3 is 7.12 Å². The Kier molecular flexibility index (Phi) is 4.79. The number of nitrogens with zero attached hydrogens (tertiary/aromatic N) is 3. The smallest absolute Gasteiger partial charge is 0.398 e. The highest BCUT2D eigenvalue weighted by atomic mass is 19.1. The highest BCUT2D eigenvalue weighted by Gasteiger charge is 2.53. The summed E-state index contributed by atoms with van der Waals surface area (Å²) in [6.07, 6.45) is 2.99. The zero-order chi connectivity index (χ0) is 19.1. The van der Waals surface area contributed by atoms with Crippen LogP contribution in [0, 0.1) is 0 Å². The van der Waals surface area contributed by atoms with Gasteiger partial charge in [-0.05, 0) is 57.4 Å². The Morgan fingerprint density at radius 2 is 1.85 bits per heavy atom. The minimum atomic E-state index is -1.03. The first-order valence-electron chi connectivity index (χ1n) is 8.84. The Morgan fingerprint density at radius 3 is 2.46 bits per heavy atom. The molecule has 0 atom stereocenters. The Hall–Kier alpha value is -1.99. The van der Waals surface area contributed by atoms with Crippen molar-refractivity contribution in [2.75, 3.05) is 0 Å². The second-order valence-corrected chi connectivity index (χ2v) is 7.96. The van der Waals surface area contributed by atoms with Crippen LogP contribution in [0.2, 0.25) is 0 Å². The lowest BCUT2D eigenvalue weighted by atomic mass is 9.87. The molecule has 2 heterocycles. The van der Waals surface area contributed by atoms with E-state index in [2.05, 4.69) is 36.3 Å². The summed E-state index contributed by atoms with van der Waals surface area (Å²) in [7, 11) is -1.03. The van der Waals surface area contributed by atoms with E-state index < -0.39 is 24.0 Å². The Bertz CT molecular complexity index is 814. The lowest BCUT2D eigenvalue weighted by molar-refractivity contribution is 0.00578. The summed E-state index contributed by atoms with van der Waals surface area (Å²) in [5, 5.41) is 8.13. The quantitative estimate of drug-likeness (QED) is 0.764. The van der Waals surface area contributed by atoms with Crippen LogP contribution in [0.3, 0.4) is 0 Å². The third-order valence-electron chi connectivity index (χ3n) is 5.08. The van der Waals surface area contributed by atoms with Crippen LogP contribution in [0.15, 0.2) is 36.2 Å². The monoisotopic (exact) mass is 357 g/mol. The van der Waals surface area contributed by atoms with Crippen molar-refractivity contribution in [3.8, 4) is 5.69 Å². The van der Waals surface area contributed by atoms with Gasteiger partial charge in [0.05, 0.1) is 23.1 Å². The van der Waals surface area contributed by atoms with Gasteiger partial charge in [-0.15, -0.1) is 5.10 Å². The number of hydrogen-bond donors (Lipinski definition) is 0. The number of rotatable bonds is 4. The molecular formula is C19H25BFN3O2. The van der Waals surface area contributed by atoms with E-state index in [1.807, 2.05) is 39.8 Å². The van der Waals surface area contributed by atoms with Gasteiger partial charge in [-0.2, -0.15) is 0 Å². The van der Waals surface area contributed by atoms with Crippen molar-refractivity contribution in [3.05, 3.63) is 47.4 Å². The fourth-order valence-corrected chi connectivity index (χ4v) is 2.66. The fourth-order valence-electron chi connectivity index (χ4n) is 2.66. The predicted molar refractivity (Wildman–Crippen MR) is 101 cm³/mol. The molecule has 5 nitrogen and oxygen atoms in total. The third kappa shape index (κ3) is 3.59. The molecule has 0 aliphatic carbocycles. The van der Waals surface area contributed by atoms with E-state index in [9.17, 15) is 4.39 Å². The first-order valence-corrected chi connectivity index (χ1v) is 8.84. The van der Waals surface area contributed by atoms with Gasteiger partial charge in [0.1, 0.15) is 11.4 Å². The van der Waals surface area contributed by atoms with Crippen LogP contribution in [0.1, 0.15) is 58.7 Å². The first-order chi connectivity index (χ1) is 12.1. The Balaban J connectivity index is 1.80. The maximum Gasteiger partial charge on any atom is 0.525 e. The van der Waals surface area contributed by atoms with Crippen LogP contribution in [-0.2, 0) is 9.31 Å². The fraction of sp³-hybridized carbons (Fsp3) is 0.474. The maximum atomic E-state index is 14.6. The van der Waals surface area contributed by atoms with E-state index in [0.717, 1.165) is 5.69 Å². The molecule has 0 unspecified atom stereocenters. The Morgan fingerprint density at radius 1 is 1.19 bits per heavy atom. The minimum absolute atomic E-state index is 0.409. The summed E-state index contributed by atoms with van der Waals surface area (Å²) in [4.78, 5) is 0. The average Bonchev–Trinajstić information content (AvgIpc) is 3.10. The molecule has 2 aromatic rings. The maximum absolute atomic E-state index is 14.6. The molecule has 1 aliphatic rings. The van der Waals surface area contributed by atoms with Crippen LogP contribution in [-0.4, -0.2) is 33.3 Å². The zero-order valence-corrected chi connectivity index (χ0v) is 16.2. The molecule has 3 rings (SSSR count). The van der Waals surface area contributed by atoms with Crippen molar-refractivity contribution in [2.24, 2.45) is 0 Å². The van der Waals surface area contributed by atoms with E-state index in [1.165, 1.54) is 11.6 Å². The highest BCUT2D eigenvalue weighted by Crippen LogP contribution is 2.39. The lowest BCUT2D eigenvalue weighted by Gasteiger charge is -2.32. The molecule has 1 fully saturated rings. The summed E-state index contributed by atoms with van der Waals surface area (Å²) in [5.41, 5.74) is 0.812. The Labute approximate surface area is 154 Å². The first kappa shape index (κ1) is 18.8. The molecule has 7 heteroatoms. The molecule has 1 aromatic carbocycles.